The van der Waals surface area contributed by atoms with E-state index in [1.54, 1.807) is 30.3 Å². The van der Waals surface area contributed by atoms with Gasteiger partial charge in [0.1, 0.15) is 5.75 Å². The van der Waals surface area contributed by atoms with E-state index in [9.17, 15) is 14.7 Å². The molecule has 2 amide bonds. The van der Waals surface area contributed by atoms with Crippen molar-refractivity contribution in [1.29, 1.82) is 0 Å². The Hall–Kier alpha value is -2.09. The van der Waals surface area contributed by atoms with Crippen LogP contribution in [0.3, 0.4) is 0 Å². The minimum atomic E-state index is -0.455. The van der Waals surface area contributed by atoms with Gasteiger partial charge in [0.2, 0.25) is 0 Å². The van der Waals surface area contributed by atoms with E-state index in [0.29, 0.717) is 21.2 Å². The fourth-order valence-corrected chi connectivity index (χ4v) is 3.15. The van der Waals surface area contributed by atoms with Gasteiger partial charge in [0.25, 0.3) is 11.1 Å². The first-order chi connectivity index (χ1) is 11.4. The van der Waals surface area contributed by atoms with Gasteiger partial charge in [-0.2, -0.15) is 0 Å². The fraction of sp³-hybridized carbons (Fsp3) is 0. The molecule has 0 unspecified atom stereocenters. The quantitative estimate of drug-likeness (QED) is 0.542. The number of benzene rings is 2. The molecule has 122 valence electrons. The molecular formula is C16H10ClNO4S2. The maximum atomic E-state index is 11.5. The van der Waals surface area contributed by atoms with Crippen LogP contribution in [0.15, 0.2) is 46.2 Å². The van der Waals surface area contributed by atoms with Crippen LogP contribution in [0.2, 0.25) is 5.02 Å². The molecule has 0 atom stereocenters. The lowest BCUT2D eigenvalue weighted by molar-refractivity contribution is -0.115. The molecule has 1 saturated heterocycles. The summed E-state index contributed by atoms with van der Waals surface area (Å²) in [4.78, 5) is 23.6. The molecule has 2 aromatic carbocycles. The number of phenols is 1. The summed E-state index contributed by atoms with van der Waals surface area (Å²) in [6, 6.07) is 9.62. The number of carbonyl (C=O) groups excluding carboxylic acids is 2. The number of amides is 2. The van der Waals surface area contributed by atoms with E-state index >= 15 is 0 Å². The number of phenolic OH excluding ortho intramolecular Hbond substituents is 1. The third kappa shape index (κ3) is 3.69. The maximum Gasteiger partial charge on any atom is 0.290 e. The van der Waals surface area contributed by atoms with Gasteiger partial charge in [-0.05, 0) is 53.7 Å². The SMILES string of the molecule is O=C1NC(=O)/C(=C/c2ccc(Oc3ccc(S)cc3Cl)c(O)c2)S1. The number of hydrogen-bond donors (Lipinski definition) is 3. The highest BCUT2D eigenvalue weighted by atomic mass is 35.5. The Balaban J connectivity index is 1.84. The van der Waals surface area contributed by atoms with Crippen molar-refractivity contribution in [2.24, 2.45) is 0 Å². The van der Waals surface area contributed by atoms with Gasteiger partial charge in [0, 0.05) is 4.90 Å². The summed E-state index contributed by atoms with van der Waals surface area (Å²) in [5.74, 6) is 0.0197. The van der Waals surface area contributed by atoms with Crippen molar-refractivity contribution >= 4 is 53.2 Å². The maximum absolute atomic E-state index is 11.5. The van der Waals surface area contributed by atoms with Crippen molar-refractivity contribution in [2.45, 2.75) is 4.90 Å². The summed E-state index contributed by atoms with van der Waals surface area (Å²) in [6.45, 7) is 0. The van der Waals surface area contributed by atoms with E-state index in [0.717, 1.165) is 11.8 Å². The summed E-state index contributed by atoms with van der Waals surface area (Å²) < 4.78 is 5.58. The monoisotopic (exact) mass is 379 g/mol. The molecule has 0 aromatic heterocycles. The normalized spacial score (nSPS) is 15.7. The first-order valence-corrected chi connectivity index (χ1v) is 8.31. The van der Waals surface area contributed by atoms with Gasteiger partial charge in [-0.15, -0.1) is 12.6 Å². The van der Waals surface area contributed by atoms with E-state index in [-0.39, 0.29) is 16.4 Å². The minimum absolute atomic E-state index is 0.120. The highest BCUT2D eigenvalue weighted by molar-refractivity contribution is 8.18. The van der Waals surface area contributed by atoms with Gasteiger partial charge in [0.15, 0.2) is 11.5 Å². The van der Waals surface area contributed by atoms with E-state index in [2.05, 4.69) is 17.9 Å². The highest BCUT2D eigenvalue weighted by Gasteiger charge is 2.25. The van der Waals surface area contributed by atoms with Gasteiger partial charge in [0.05, 0.1) is 9.93 Å². The summed E-state index contributed by atoms with van der Waals surface area (Å²) in [7, 11) is 0. The van der Waals surface area contributed by atoms with Gasteiger partial charge >= 0.3 is 0 Å². The van der Waals surface area contributed by atoms with Crippen LogP contribution in [0.1, 0.15) is 5.56 Å². The van der Waals surface area contributed by atoms with Crippen LogP contribution in [0.5, 0.6) is 17.2 Å². The molecular weight excluding hydrogens is 370 g/mol. The number of carbonyl (C=O) groups is 2. The molecule has 1 aliphatic rings. The van der Waals surface area contributed by atoms with Crippen LogP contribution in [0.4, 0.5) is 4.79 Å². The molecule has 0 aliphatic carbocycles. The number of imide groups is 1. The van der Waals surface area contributed by atoms with Gasteiger partial charge < -0.3 is 9.84 Å². The third-order valence-electron chi connectivity index (χ3n) is 3.06. The second kappa shape index (κ2) is 6.80. The average Bonchev–Trinajstić information content (AvgIpc) is 2.82. The van der Waals surface area contributed by atoms with E-state index < -0.39 is 11.1 Å². The standard InChI is InChI=1S/C16H10ClNO4S2/c17-10-7-9(23)2-4-12(10)22-13-3-1-8(5-11(13)19)6-14-15(20)18-16(21)24-14/h1-7,19,23H,(H,18,20,21)/b14-6-. The number of nitrogens with one attached hydrogen (secondary N) is 1. The largest absolute Gasteiger partial charge is 0.504 e. The Bertz CT molecular complexity index is 882. The number of thioether (sulfide) groups is 1. The van der Waals surface area contributed by atoms with Gasteiger partial charge in [-0.3, -0.25) is 14.9 Å². The predicted octanol–water partition coefficient (Wildman–Crippen LogP) is 4.45. The Morgan fingerprint density at radius 2 is 1.92 bits per heavy atom. The smallest absolute Gasteiger partial charge is 0.290 e. The number of ether oxygens (including phenoxy) is 1. The molecule has 2 aromatic rings. The summed E-state index contributed by atoms with van der Waals surface area (Å²) >= 11 is 11.0. The Labute approximate surface area is 152 Å². The van der Waals surface area contributed by atoms with Crippen LogP contribution in [0.25, 0.3) is 6.08 Å². The number of halogens is 1. The van der Waals surface area contributed by atoms with E-state index in [1.165, 1.54) is 12.1 Å². The number of aromatic hydroxyl groups is 1. The molecule has 0 saturated carbocycles. The second-order valence-corrected chi connectivity index (χ2v) is 6.73. The molecule has 1 heterocycles. The Kier molecular flexibility index (Phi) is 4.75. The van der Waals surface area contributed by atoms with Crippen molar-refractivity contribution < 1.29 is 19.4 Å². The molecule has 8 heteroatoms. The van der Waals surface area contributed by atoms with Crippen LogP contribution >= 0.6 is 36.0 Å². The highest BCUT2D eigenvalue weighted by Crippen LogP contribution is 2.36. The average molecular weight is 380 g/mol. The lowest BCUT2D eigenvalue weighted by atomic mass is 10.2. The van der Waals surface area contributed by atoms with Crippen molar-refractivity contribution in [3.8, 4) is 17.2 Å². The molecule has 1 aliphatic heterocycles. The zero-order valence-electron chi connectivity index (χ0n) is 11.9. The number of hydrogen-bond acceptors (Lipinski definition) is 6. The van der Waals surface area contributed by atoms with Gasteiger partial charge in [-0.25, -0.2) is 0 Å². The van der Waals surface area contributed by atoms with Crippen LogP contribution < -0.4 is 10.1 Å². The van der Waals surface area contributed by atoms with Crippen LogP contribution in [0, 0.1) is 0 Å². The Morgan fingerprint density at radius 3 is 2.54 bits per heavy atom. The molecule has 0 bridgehead atoms. The first kappa shape index (κ1) is 16.8. The lowest BCUT2D eigenvalue weighted by Gasteiger charge is -2.10. The minimum Gasteiger partial charge on any atom is -0.504 e. The molecule has 2 N–H and O–H groups in total. The summed E-state index contributed by atoms with van der Waals surface area (Å²) in [5, 5.41) is 12.2. The molecule has 5 nitrogen and oxygen atoms in total. The third-order valence-corrected chi connectivity index (χ3v) is 4.44. The molecule has 3 rings (SSSR count). The van der Waals surface area contributed by atoms with Crippen molar-refractivity contribution in [1.82, 2.24) is 5.32 Å². The zero-order valence-corrected chi connectivity index (χ0v) is 14.4. The Morgan fingerprint density at radius 1 is 1.17 bits per heavy atom. The topological polar surface area (TPSA) is 75.6 Å². The number of thiol groups is 1. The van der Waals surface area contributed by atoms with E-state index in [1.807, 2.05) is 0 Å². The van der Waals surface area contributed by atoms with Crippen LogP contribution in [-0.2, 0) is 4.79 Å². The summed E-state index contributed by atoms with van der Waals surface area (Å²) in [5.41, 5.74) is 0.559. The van der Waals surface area contributed by atoms with Crippen molar-refractivity contribution in [2.75, 3.05) is 0 Å². The van der Waals surface area contributed by atoms with Crippen molar-refractivity contribution in [3.63, 3.8) is 0 Å². The van der Waals surface area contributed by atoms with Crippen molar-refractivity contribution in [3.05, 3.63) is 51.9 Å². The lowest BCUT2D eigenvalue weighted by Crippen LogP contribution is -2.17. The van der Waals surface area contributed by atoms with Gasteiger partial charge in [-0.1, -0.05) is 17.7 Å². The molecule has 24 heavy (non-hydrogen) atoms. The molecule has 0 radical (unpaired) electrons. The second-order valence-electron chi connectivity index (χ2n) is 4.80. The predicted molar refractivity (Wildman–Crippen MR) is 96.0 cm³/mol. The number of rotatable bonds is 3. The first-order valence-electron chi connectivity index (χ1n) is 6.66. The summed E-state index contributed by atoms with van der Waals surface area (Å²) in [6.07, 6.45) is 1.51. The van der Waals surface area contributed by atoms with E-state index in [4.69, 9.17) is 16.3 Å². The van der Waals surface area contributed by atoms with Crippen LogP contribution in [-0.4, -0.2) is 16.3 Å². The zero-order chi connectivity index (χ0) is 17.3. The molecule has 1 fully saturated rings. The molecule has 0 spiro atoms. The fourth-order valence-electron chi connectivity index (χ4n) is 1.97.